The van der Waals surface area contributed by atoms with E-state index in [0.717, 1.165) is 49.0 Å². The predicted molar refractivity (Wildman–Crippen MR) is 162 cm³/mol. The van der Waals surface area contributed by atoms with Gasteiger partial charge in [0.05, 0.1) is 25.3 Å². The first-order valence-corrected chi connectivity index (χ1v) is 15.5. The average molecular weight is 592 g/mol. The van der Waals surface area contributed by atoms with Gasteiger partial charge < -0.3 is 19.2 Å². The van der Waals surface area contributed by atoms with Gasteiger partial charge in [0.1, 0.15) is 17.8 Å². The number of benzene rings is 2. The molecular formula is C34H42FN3O5. The Hall–Kier alpha value is -3.72. The van der Waals surface area contributed by atoms with Crippen LogP contribution in [0.2, 0.25) is 0 Å². The number of aliphatic carboxylic acids is 1. The van der Waals surface area contributed by atoms with Gasteiger partial charge in [-0.3, -0.25) is 14.5 Å². The molecule has 230 valence electrons. The first kappa shape index (κ1) is 30.7. The summed E-state index contributed by atoms with van der Waals surface area (Å²) in [5.41, 5.74) is 3.20. The fourth-order valence-electron chi connectivity index (χ4n) is 6.93. The second kappa shape index (κ2) is 13.7. The van der Waals surface area contributed by atoms with Gasteiger partial charge in [0.2, 0.25) is 5.91 Å². The van der Waals surface area contributed by atoms with E-state index in [-0.39, 0.29) is 30.2 Å². The molecule has 2 aromatic carbocycles. The Morgan fingerprint density at radius 3 is 2.63 bits per heavy atom. The number of fused-ring (bicyclic) bond motifs is 1. The van der Waals surface area contributed by atoms with Crippen LogP contribution in [0.15, 0.2) is 53.3 Å². The van der Waals surface area contributed by atoms with Crippen molar-refractivity contribution in [2.24, 2.45) is 5.92 Å². The number of nitrogens with zero attached hydrogens (tertiary/aromatic N) is 3. The van der Waals surface area contributed by atoms with Crippen molar-refractivity contribution in [1.29, 1.82) is 0 Å². The zero-order valence-corrected chi connectivity index (χ0v) is 25.3. The number of hydrogen-bond acceptors (Lipinski definition) is 6. The number of halogens is 1. The van der Waals surface area contributed by atoms with Crippen LogP contribution in [-0.4, -0.2) is 58.6 Å². The molecule has 0 spiro atoms. The maximum atomic E-state index is 14.3. The SMILES string of the molecule is CCCC(CCC)N(C(=O)CN1C[C@H](c2ccc3c(c2)CCO3)C(C(=O)O)[C@@H]1CCc1ncco1)c1ccc(F)c(C)c1. The number of hydrogen-bond donors (Lipinski definition) is 1. The molecule has 5 rings (SSSR count). The quantitative estimate of drug-likeness (QED) is 0.254. The molecule has 1 unspecified atom stereocenters. The lowest BCUT2D eigenvalue weighted by molar-refractivity contribution is -0.143. The summed E-state index contributed by atoms with van der Waals surface area (Å²) in [7, 11) is 0. The van der Waals surface area contributed by atoms with Crippen LogP contribution in [0, 0.1) is 18.7 Å². The topological polar surface area (TPSA) is 96.1 Å². The van der Waals surface area contributed by atoms with E-state index in [1.807, 2.05) is 21.9 Å². The van der Waals surface area contributed by atoms with Crippen LogP contribution >= 0.6 is 0 Å². The average Bonchev–Trinajstić information content (AvgIpc) is 3.74. The van der Waals surface area contributed by atoms with Crippen molar-refractivity contribution in [3.05, 3.63) is 77.3 Å². The molecular weight excluding hydrogens is 549 g/mol. The number of carboxylic acids is 1. The van der Waals surface area contributed by atoms with Crippen molar-refractivity contribution in [3.63, 3.8) is 0 Å². The number of oxazole rings is 1. The normalized spacial score (nSPS) is 19.9. The molecule has 0 aliphatic carbocycles. The fourth-order valence-corrected chi connectivity index (χ4v) is 6.93. The zero-order chi connectivity index (χ0) is 30.5. The number of carbonyl (C=O) groups is 2. The number of amides is 1. The summed E-state index contributed by atoms with van der Waals surface area (Å²) in [5.74, 6) is -0.911. The van der Waals surface area contributed by atoms with Crippen molar-refractivity contribution in [1.82, 2.24) is 9.88 Å². The monoisotopic (exact) mass is 591 g/mol. The highest BCUT2D eigenvalue weighted by Crippen LogP contribution is 2.41. The van der Waals surface area contributed by atoms with Crippen molar-refractivity contribution in [2.45, 2.75) is 83.7 Å². The summed E-state index contributed by atoms with van der Waals surface area (Å²) in [6.07, 6.45) is 8.29. The molecule has 3 aromatic rings. The maximum absolute atomic E-state index is 14.3. The van der Waals surface area contributed by atoms with Crippen LogP contribution in [0.5, 0.6) is 5.75 Å². The first-order chi connectivity index (χ1) is 20.8. The molecule has 1 aromatic heterocycles. The van der Waals surface area contributed by atoms with Crippen LogP contribution in [0.25, 0.3) is 0 Å². The van der Waals surface area contributed by atoms with E-state index >= 15 is 0 Å². The van der Waals surface area contributed by atoms with E-state index < -0.39 is 17.9 Å². The molecule has 0 saturated carbocycles. The van der Waals surface area contributed by atoms with Crippen molar-refractivity contribution in [2.75, 3.05) is 24.6 Å². The number of likely N-dealkylation sites (tertiary alicyclic amines) is 1. The Kier molecular flexibility index (Phi) is 9.80. The Labute approximate surface area is 252 Å². The summed E-state index contributed by atoms with van der Waals surface area (Å²) < 4.78 is 25.4. The van der Waals surface area contributed by atoms with Crippen molar-refractivity contribution < 1.29 is 28.2 Å². The molecule has 1 saturated heterocycles. The molecule has 1 amide bonds. The Bertz CT molecular complexity index is 1410. The molecule has 3 atom stereocenters. The molecule has 2 aliphatic heterocycles. The highest BCUT2D eigenvalue weighted by Gasteiger charge is 2.47. The summed E-state index contributed by atoms with van der Waals surface area (Å²) in [6, 6.07) is 10.4. The van der Waals surface area contributed by atoms with Crippen LogP contribution in [0.4, 0.5) is 10.1 Å². The third-order valence-electron chi connectivity index (χ3n) is 8.95. The lowest BCUT2D eigenvalue weighted by atomic mass is 9.83. The fraction of sp³-hybridized carbons (Fsp3) is 0.500. The molecule has 9 heteroatoms. The zero-order valence-electron chi connectivity index (χ0n) is 25.3. The van der Waals surface area contributed by atoms with E-state index in [4.69, 9.17) is 9.15 Å². The Balaban J connectivity index is 1.48. The molecule has 3 heterocycles. The van der Waals surface area contributed by atoms with Gasteiger partial charge in [0.15, 0.2) is 5.89 Å². The summed E-state index contributed by atoms with van der Waals surface area (Å²) in [5, 5.41) is 10.6. The largest absolute Gasteiger partial charge is 0.493 e. The number of ether oxygens (including phenoxy) is 1. The minimum atomic E-state index is -0.880. The summed E-state index contributed by atoms with van der Waals surface area (Å²) in [6.45, 7) is 7.03. The van der Waals surface area contributed by atoms with Gasteiger partial charge in [-0.1, -0.05) is 38.8 Å². The minimum Gasteiger partial charge on any atom is -0.493 e. The van der Waals surface area contributed by atoms with Gasteiger partial charge in [0.25, 0.3) is 0 Å². The number of aryl methyl sites for hydroxylation is 2. The Morgan fingerprint density at radius 1 is 1.16 bits per heavy atom. The van der Waals surface area contributed by atoms with Crippen LogP contribution in [0.1, 0.15) is 74.5 Å². The van der Waals surface area contributed by atoms with E-state index in [2.05, 4.69) is 24.9 Å². The summed E-state index contributed by atoms with van der Waals surface area (Å²) >= 11 is 0. The maximum Gasteiger partial charge on any atom is 0.308 e. The smallest absolute Gasteiger partial charge is 0.308 e. The van der Waals surface area contributed by atoms with Gasteiger partial charge in [0, 0.05) is 43.1 Å². The van der Waals surface area contributed by atoms with Gasteiger partial charge in [-0.05, 0) is 67.1 Å². The molecule has 43 heavy (non-hydrogen) atoms. The van der Waals surface area contributed by atoms with E-state index in [0.29, 0.717) is 43.1 Å². The predicted octanol–water partition coefficient (Wildman–Crippen LogP) is 6.16. The number of anilines is 1. The lowest BCUT2D eigenvalue weighted by Gasteiger charge is -2.35. The minimum absolute atomic E-state index is 0.0384. The summed E-state index contributed by atoms with van der Waals surface area (Å²) in [4.78, 5) is 35.4. The molecule has 0 bridgehead atoms. The highest BCUT2D eigenvalue weighted by atomic mass is 19.1. The van der Waals surface area contributed by atoms with E-state index in [1.54, 1.807) is 25.3 Å². The standard InChI is InChI=1S/C34H42FN3O5/c1-4-6-25(7-5-2)38(26-9-10-28(35)22(3)18-26)32(39)21-37-20-27(23-8-12-30-24(19-23)14-16-42-30)33(34(40)41)29(37)11-13-31-36-15-17-43-31/h8-10,12,15,17-19,25,27,29,33H,4-7,11,13-14,16,20-21H2,1-3H3,(H,40,41)/t27-,29+,33?/m1/s1. The molecule has 1 N–H and O–H groups in total. The van der Waals surface area contributed by atoms with Crippen molar-refractivity contribution in [3.8, 4) is 5.75 Å². The lowest BCUT2D eigenvalue weighted by Crippen LogP contribution is -2.48. The molecule has 2 aliphatic rings. The van der Waals surface area contributed by atoms with E-state index in [9.17, 15) is 19.1 Å². The van der Waals surface area contributed by atoms with Crippen LogP contribution in [0.3, 0.4) is 0 Å². The molecule has 8 nitrogen and oxygen atoms in total. The van der Waals surface area contributed by atoms with Gasteiger partial charge in [-0.2, -0.15) is 0 Å². The van der Waals surface area contributed by atoms with E-state index in [1.165, 1.54) is 12.3 Å². The van der Waals surface area contributed by atoms with Crippen LogP contribution in [-0.2, 0) is 22.4 Å². The number of carboxylic acid groups (broad SMARTS) is 1. The van der Waals surface area contributed by atoms with Gasteiger partial charge >= 0.3 is 5.97 Å². The number of rotatable bonds is 13. The highest BCUT2D eigenvalue weighted by molar-refractivity contribution is 5.95. The second-order valence-electron chi connectivity index (χ2n) is 11.8. The third kappa shape index (κ3) is 6.77. The number of carbonyl (C=O) groups excluding carboxylic acids is 1. The van der Waals surface area contributed by atoms with Gasteiger partial charge in [-0.25, -0.2) is 9.37 Å². The first-order valence-electron chi connectivity index (χ1n) is 15.5. The van der Waals surface area contributed by atoms with Gasteiger partial charge in [-0.15, -0.1) is 0 Å². The number of aromatic nitrogens is 1. The second-order valence-corrected chi connectivity index (χ2v) is 11.8. The third-order valence-corrected chi connectivity index (χ3v) is 8.95. The van der Waals surface area contributed by atoms with Crippen LogP contribution < -0.4 is 9.64 Å². The molecule has 1 fully saturated rings. The molecule has 0 radical (unpaired) electrons. The Morgan fingerprint density at radius 2 is 1.95 bits per heavy atom. The van der Waals surface area contributed by atoms with Crippen molar-refractivity contribution >= 4 is 17.6 Å².